The Balaban J connectivity index is 0.00000432. The first-order valence-electron chi connectivity index (χ1n) is 12.6. The molecule has 35 heavy (non-hydrogen) atoms. The third kappa shape index (κ3) is 8.04. The van der Waals surface area contributed by atoms with Gasteiger partial charge in [-0.2, -0.15) is 13.2 Å². The summed E-state index contributed by atoms with van der Waals surface area (Å²) in [5.41, 5.74) is 1.91. The Morgan fingerprint density at radius 3 is 2.17 bits per heavy atom. The van der Waals surface area contributed by atoms with Crippen molar-refractivity contribution in [2.45, 2.75) is 52.6 Å². The number of ether oxygens (including phenoxy) is 1. The van der Waals surface area contributed by atoms with E-state index in [2.05, 4.69) is 61.8 Å². The van der Waals surface area contributed by atoms with Gasteiger partial charge in [0.05, 0.1) is 12.2 Å². The van der Waals surface area contributed by atoms with Crippen LogP contribution in [0.1, 0.15) is 57.6 Å². The first-order valence-corrected chi connectivity index (χ1v) is 12.6. The van der Waals surface area contributed by atoms with E-state index in [9.17, 15) is 13.2 Å². The summed E-state index contributed by atoms with van der Waals surface area (Å²) >= 11 is 0. The monoisotopic (exact) mass is 512 g/mol. The predicted octanol–water partition coefficient (Wildman–Crippen LogP) is 7.50. The molecule has 0 N–H and O–H groups in total. The molecule has 196 valence electrons. The van der Waals surface area contributed by atoms with Crippen molar-refractivity contribution in [2.24, 2.45) is 11.8 Å². The molecular weight excluding hydrogens is 473 g/mol. The number of nitrogens with zero attached hydrogens (tertiary/aromatic N) is 2. The average molecular weight is 513 g/mol. The zero-order valence-electron chi connectivity index (χ0n) is 21.4. The van der Waals surface area contributed by atoms with E-state index in [1.165, 1.54) is 23.4 Å². The van der Waals surface area contributed by atoms with Crippen LogP contribution in [-0.4, -0.2) is 44.2 Å². The molecule has 1 fully saturated rings. The highest BCUT2D eigenvalue weighted by Gasteiger charge is 2.32. The predicted molar refractivity (Wildman–Crippen MR) is 141 cm³/mol. The van der Waals surface area contributed by atoms with Crippen molar-refractivity contribution in [1.29, 1.82) is 0 Å². The molecule has 0 spiro atoms. The number of benzene rings is 2. The van der Waals surface area contributed by atoms with Crippen LogP contribution >= 0.6 is 12.4 Å². The van der Waals surface area contributed by atoms with Gasteiger partial charge in [-0.15, -0.1) is 12.4 Å². The number of hydrogen-bond acceptors (Lipinski definition) is 3. The topological polar surface area (TPSA) is 15.7 Å². The van der Waals surface area contributed by atoms with Crippen LogP contribution in [0.2, 0.25) is 0 Å². The molecule has 0 radical (unpaired) electrons. The van der Waals surface area contributed by atoms with Crippen molar-refractivity contribution in [3.8, 4) is 5.75 Å². The highest BCUT2D eigenvalue weighted by molar-refractivity contribution is 5.85. The van der Waals surface area contributed by atoms with E-state index in [0.29, 0.717) is 24.2 Å². The maximum atomic E-state index is 12.9. The fourth-order valence-electron chi connectivity index (χ4n) is 4.92. The number of hydrogen-bond donors (Lipinski definition) is 0. The Hall–Kier alpha value is -1.92. The summed E-state index contributed by atoms with van der Waals surface area (Å²) < 4.78 is 44.7. The lowest BCUT2D eigenvalue weighted by Crippen LogP contribution is -2.43. The summed E-state index contributed by atoms with van der Waals surface area (Å²) in [7, 11) is 0. The summed E-state index contributed by atoms with van der Waals surface area (Å²) in [6, 6.07) is 13.9. The molecule has 0 bridgehead atoms. The van der Waals surface area contributed by atoms with Gasteiger partial charge in [0.15, 0.2) is 0 Å². The summed E-state index contributed by atoms with van der Waals surface area (Å²) in [5, 5.41) is 0. The van der Waals surface area contributed by atoms with Crippen molar-refractivity contribution in [3.63, 3.8) is 0 Å². The van der Waals surface area contributed by atoms with Gasteiger partial charge in [0.25, 0.3) is 0 Å². The van der Waals surface area contributed by atoms with Crippen molar-refractivity contribution < 1.29 is 17.9 Å². The standard InChI is InChI=1S/C28H39F3N2O.ClH/c1-5-21(4)18-32-17-16-27(22-8-12-25(13-9-22)33(6-2)7-3)23(19-32)20-34-26-14-10-24(11-15-26)28(29,30)31;/h8-15,21,23,27H,5-7,16-20H2,1-4H3;1H. The zero-order valence-corrected chi connectivity index (χ0v) is 22.2. The van der Waals surface area contributed by atoms with Crippen molar-refractivity contribution in [1.82, 2.24) is 4.90 Å². The van der Waals surface area contributed by atoms with E-state index in [1.807, 2.05) is 0 Å². The Kier molecular flexibility index (Phi) is 11.2. The number of anilines is 1. The molecule has 7 heteroatoms. The molecule has 2 aromatic rings. The van der Waals surface area contributed by atoms with Crippen molar-refractivity contribution >= 4 is 18.1 Å². The fourth-order valence-corrected chi connectivity index (χ4v) is 4.92. The molecule has 0 aromatic heterocycles. The quantitative estimate of drug-likeness (QED) is 0.327. The molecule has 1 aliphatic heterocycles. The van der Waals surface area contributed by atoms with Crippen LogP contribution in [0, 0.1) is 11.8 Å². The molecule has 0 saturated carbocycles. The second kappa shape index (κ2) is 13.4. The van der Waals surface area contributed by atoms with E-state index in [1.54, 1.807) is 0 Å². The summed E-state index contributed by atoms with van der Waals surface area (Å²) in [6.07, 6.45) is -2.12. The zero-order chi connectivity index (χ0) is 24.7. The molecule has 0 aliphatic carbocycles. The van der Waals surface area contributed by atoms with E-state index >= 15 is 0 Å². The maximum absolute atomic E-state index is 12.9. The van der Waals surface area contributed by atoms with Crippen LogP contribution < -0.4 is 9.64 Å². The fraction of sp³-hybridized carbons (Fsp3) is 0.571. The summed E-state index contributed by atoms with van der Waals surface area (Å²) in [4.78, 5) is 4.86. The molecule has 3 nitrogen and oxygen atoms in total. The summed E-state index contributed by atoms with van der Waals surface area (Å²) in [6.45, 7) is 14.4. The van der Waals surface area contributed by atoms with Gasteiger partial charge in [0.2, 0.25) is 0 Å². The number of likely N-dealkylation sites (tertiary alicyclic amines) is 1. The average Bonchev–Trinajstić information content (AvgIpc) is 2.84. The number of alkyl halides is 3. The summed E-state index contributed by atoms with van der Waals surface area (Å²) in [5.74, 6) is 1.77. The van der Waals surface area contributed by atoms with Gasteiger partial charge in [-0.3, -0.25) is 0 Å². The Labute approximate surface area is 215 Å². The third-order valence-corrected chi connectivity index (χ3v) is 7.18. The van der Waals surface area contributed by atoms with Crippen molar-refractivity contribution in [2.75, 3.05) is 44.2 Å². The van der Waals surface area contributed by atoms with Crippen LogP contribution in [0.25, 0.3) is 0 Å². The SMILES string of the molecule is CCC(C)CN1CCC(c2ccc(N(CC)CC)cc2)C(COc2ccc(C(F)(F)F)cc2)C1.Cl. The molecule has 3 unspecified atom stereocenters. The minimum atomic E-state index is -4.33. The van der Waals surface area contributed by atoms with Crippen LogP contribution in [0.4, 0.5) is 18.9 Å². The highest BCUT2D eigenvalue weighted by atomic mass is 35.5. The lowest BCUT2D eigenvalue weighted by atomic mass is 9.80. The van der Waals surface area contributed by atoms with Crippen LogP contribution in [-0.2, 0) is 6.18 Å². The largest absolute Gasteiger partial charge is 0.493 e. The molecule has 1 aliphatic rings. The van der Waals surface area contributed by atoms with Crippen molar-refractivity contribution in [3.05, 3.63) is 59.7 Å². The lowest BCUT2D eigenvalue weighted by molar-refractivity contribution is -0.137. The van der Waals surface area contributed by atoms with E-state index in [4.69, 9.17) is 4.74 Å². The first kappa shape index (κ1) is 29.3. The Bertz CT molecular complexity index is 869. The van der Waals surface area contributed by atoms with E-state index in [-0.39, 0.29) is 18.3 Å². The smallest absolute Gasteiger partial charge is 0.416 e. The Morgan fingerprint density at radius 2 is 1.63 bits per heavy atom. The van der Waals surface area contributed by atoms with E-state index in [0.717, 1.165) is 57.7 Å². The van der Waals surface area contributed by atoms with Crippen LogP contribution in [0.3, 0.4) is 0 Å². The van der Waals surface area contributed by atoms with Gasteiger partial charge < -0.3 is 14.5 Å². The highest BCUT2D eigenvalue weighted by Crippen LogP contribution is 2.35. The second-order valence-corrected chi connectivity index (χ2v) is 9.53. The van der Waals surface area contributed by atoms with Gasteiger partial charge in [0.1, 0.15) is 5.75 Å². The molecule has 2 aromatic carbocycles. The van der Waals surface area contributed by atoms with Crippen LogP contribution in [0.5, 0.6) is 5.75 Å². The molecule has 1 saturated heterocycles. The maximum Gasteiger partial charge on any atom is 0.416 e. The van der Waals surface area contributed by atoms with Gasteiger partial charge in [0, 0.05) is 37.8 Å². The third-order valence-electron chi connectivity index (χ3n) is 7.18. The van der Waals surface area contributed by atoms with Gasteiger partial charge in [-0.25, -0.2) is 0 Å². The second-order valence-electron chi connectivity index (χ2n) is 9.53. The van der Waals surface area contributed by atoms with Gasteiger partial charge in [-0.05, 0) is 80.6 Å². The van der Waals surface area contributed by atoms with E-state index < -0.39 is 11.7 Å². The normalized spacial score (nSPS) is 19.6. The number of rotatable bonds is 10. The minimum absolute atomic E-state index is 0. The van der Waals surface area contributed by atoms with Gasteiger partial charge in [-0.1, -0.05) is 32.4 Å². The van der Waals surface area contributed by atoms with Crippen LogP contribution in [0.15, 0.2) is 48.5 Å². The molecule has 0 amide bonds. The lowest BCUT2D eigenvalue weighted by Gasteiger charge is -2.40. The number of piperidine rings is 1. The minimum Gasteiger partial charge on any atom is -0.493 e. The molecule has 1 heterocycles. The van der Waals surface area contributed by atoms with Gasteiger partial charge >= 0.3 is 6.18 Å². The Morgan fingerprint density at radius 1 is 1.00 bits per heavy atom. The first-order chi connectivity index (χ1) is 16.2. The molecule has 3 atom stereocenters. The molecular formula is C28H40ClF3N2O. The molecule has 3 rings (SSSR count). The number of halogens is 4.